The number of esters is 1. The quantitative estimate of drug-likeness (QED) is 0.435. The average molecular weight is 419 g/mol. The summed E-state index contributed by atoms with van der Waals surface area (Å²) in [4.78, 5) is 29.6. The van der Waals surface area contributed by atoms with Gasteiger partial charge in [-0.25, -0.2) is 4.98 Å². The van der Waals surface area contributed by atoms with Gasteiger partial charge < -0.3 is 4.74 Å². The summed E-state index contributed by atoms with van der Waals surface area (Å²) in [6.07, 6.45) is 2.14. The molecule has 0 saturated heterocycles. The van der Waals surface area contributed by atoms with Crippen LogP contribution in [0.1, 0.15) is 22.7 Å². The Morgan fingerprint density at radius 2 is 1.73 bits per heavy atom. The van der Waals surface area contributed by atoms with Gasteiger partial charge >= 0.3 is 5.97 Å². The Kier molecular flexibility index (Phi) is 5.91. The van der Waals surface area contributed by atoms with Gasteiger partial charge in [-0.15, -0.1) is 0 Å². The van der Waals surface area contributed by atoms with Crippen LogP contribution in [-0.2, 0) is 22.6 Å². The lowest BCUT2D eigenvalue weighted by atomic mass is 9.92. The van der Waals surface area contributed by atoms with E-state index in [1.165, 1.54) is 10.5 Å². The molecule has 0 saturated carbocycles. The van der Waals surface area contributed by atoms with Crippen LogP contribution >= 0.6 is 11.6 Å². The smallest absolute Gasteiger partial charge is 0.314 e. The van der Waals surface area contributed by atoms with Crippen LogP contribution < -0.4 is 5.56 Å². The second-order valence-corrected chi connectivity index (χ2v) is 7.35. The van der Waals surface area contributed by atoms with Gasteiger partial charge in [-0.3, -0.25) is 14.0 Å². The molecule has 0 radical (unpaired) electrons. The van der Waals surface area contributed by atoms with Crippen LogP contribution in [0.3, 0.4) is 0 Å². The lowest BCUT2D eigenvalue weighted by molar-refractivity contribution is -0.147. The molecule has 2 aromatic carbocycles. The number of nitrogens with zero attached hydrogens (tertiary/aromatic N) is 2. The Morgan fingerprint density at radius 3 is 2.50 bits per heavy atom. The predicted octanol–water partition coefficient (Wildman–Crippen LogP) is 4.42. The van der Waals surface area contributed by atoms with E-state index in [0.717, 1.165) is 11.1 Å². The first-order chi connectivity index (χ1) is 14.6. The fourth-order valence-corrected chi connectivity index (χ4v) is 3.43. The largest absolute Gasteiger partial charge is 0.459 e. The first-order valence-electron chi connectivity index (χ1n) is 9.53. The zero-order valence-corrected chi connectivity index (χ0v) is 16.8. The van der Waals surface area contributed by atoms with Gasteiger partial charge in [0.15, 0.2) is 0 Å². The van der Waals surface area contributed by atoms with E-state index in [1.807, 2.05) is 42.5 Å². The van der Waals surface area contributed by atoms with Crippen molar-refractivity contribution in [2.24, 2.45) is 0 Å². The van der Waals surface area contributed by atoms with Crippen molar-refractivity contribution < 1.29 is 9.53 Å². The molecule has 0 fully saturated rings. The molecule has 6 heteroatoms. The predicted molar refractivity (Wildman–Crippen MR) is 116 cm³/mol. The Labute approximate surface area is 178 Å². The maximum Gasteiger partial charge on any atom is 0.314 e. The number of hydrogen-bond donors (Lipinski definition) is 0. The number of carbonyl (C=O) groups is 1. The molecular weight excluding hydrogens is 400 g/mol. The molecule has 0 spiro atoms. The summed E-state index contributed by atoms with van der Waals surface area (Å²) in [5.41, 5.74) is 2.55. The molecule has 1 unspecified atom stereocenters. The maximum absolute atomic E-state index is 13.0. The summed E-state index contributed by atoms with van der Waals surface area (Å²) in [5.74, 6) is -0.873. The van der Waals surface area contributed by atoms with E-state index in [0.29, 0.717) is 22.8 Å². The average Bonchev–Trinajstić information content (AvgIpc) is 2.77. The molecule has 150 valence electrons. The van der Waals surface area contributed by atoms with Crippen molar-refractivity contribution in [1.82, 2.24) is 9.38 Å². The van der Waals surface area contributed by atoms with Crippen LogP contribution in [0.2, 0.25) is 5.02 Å². The molecular formula is C24H19ClN2O3. The van der Waals surface area contributed by atoms with Crippen molar-refractivity contribution >= 4 is 23.2 Å². The van der Waals surface area contributed by atoms with E-state index < -0.39 is 5.92 Å². The summed E-state index contributed by atoms with van der Waals surface area (Å²) in [6.45, 7) is -0.0711. The molecule has 2 heterocycles. The second kappa shape index (κ2) is 8.93. The third kappa shape index (κ3) is 4.58. The SMILES string of the molecule is O=C(OCc1cc(=O)n2ccccc2n1)C(Cc1ccccc1)c1ccc(Cl)cc1. The Hall–Kier alpha value is -3.44. The van der Waals surface area contributed by atoms with Gasteiger partial charge in [0.2, 0.25) is 0 Å². The van der Waals surface area contributed by atoms with Gasteiger partial charge in [-0.1, -0.05) is 60.1 Å². The highest BCUT2D eigenvalue weighted by atomic mass is 35.5. The minimum atomic E-state index is -0.494. The van der Waals surface area contributed by atoms with Gasteiger partial charge in [-0.2, -0.15) is 0 Å². The van der Waals surface area contributed by atoms with E-state index in [9.17, 15) is 9.59 Å². The Balaban J connectivity index is 1.55. The first-order valence-corrected chi connectivity index (χ1v) is 9.91. The number of aromatic nitrogens is 2. The number of benzene rings is 2. The van der Waals surface area contributed by atoms with E-state index >= 15 is 0 Å². The van der Waals surface area contributed by atoms with Gasteiger partial charge in [0.1, 0.15) is 12.3 Å². The molecule has 5 nitrogen and oxygen atoms in total. The summed E-state index contributed by atoms with van der Waals surface area (Å²) in [7, 11) is 0. The molecule has 0 bridgehead atoms. The Bertz CT molecular complexity index is 1220. The summed E-state index contributed by atoms with van der Waals surface area (Å²) in [5, 5.41) is 0.603. The summed E-state index contributed by atoms with van der Waals surface area (Å²) >= 11 is 6.00. The Morgan fingerprint density at radius 1 is 1.00 bits per heavy atom. The number of ether oxygens (including phenoxy) is 1. The second-order valence-electron chi connectivity index (χ2n) is 6.92. The van der Waals surface area contributed by atoms with Crippen molar-refractivity contribution in [2.75, 3.05) is 0 Å². The number of fused-ring (bicyclic) bond motifs is 1. The molecule has 30 heavy (non-hydrogen) atoms. The van der Waals surface area contributed by atoms with Crippen LogP contribution in [0.25, 0.3) is 5.65 Å². The molecule has 2 aromatic heterocycles. The van der Waals surface area contributed by atoms with Crippen molar-refractivity contribution in [3.8, 4) is 0 Å². The molecule has 0 amide bonds. The van der Waals surface area contributed by atoms with Crippen LogP contribution in [-0.4, -0.2) is 15.4 Å². The van der Waals surface area contributed by atoms with E-state index in [2.05, 4.69) is 4.98 Å². The molecule has 0 aliphatic heterocycles. The van der Waals surface area contributed by atoms with Crippen molar-refractivity contribution in [2.45, 2.75) is 18.9 Å². The van der Waals surface area contributed by atoms with Gasteiger partial charge in [0.05, 0.1) is 11.6 Å². The fourth-order valence-electron chi connectivity index (χ4n) is 3.30. The number of halogens is 1. The molecule has 0 aliphatic carbocycles. The fraction of sp³-hybridized carbons (Fsp3) is 0.125. The van der Waals surface area contributed by atoms with Gasteiger partial charge in [0.25, 0.3) is 5.56 Å². The zero-order valence-electron chi connectivity index (χ0n) is 16.1. The van der Waals surface area contributed by atoms with Gasteiger partial charge in [0, 0.05) is 17.3 Å². The topological polar surface area (TPSA) is 60.7 Å². The lowest BCUT2D eigenvalue weighted by Gasteiger charge is -2.17. The highest BCUT2D eigenvalue weighted by Crippen LogP contribution is 2.24. The third-order valence-electron chi connectivity index (χ3n) is 4.83. The van der Waals surface area contributed by atoms with Crippen molar-refractivity contribution in [3.63, 3.8) is 0 Å². The minimum absolute atomic E-state index is 0.0711. The molecule has 1 atom stereocenters. The van der Waals surface area contributed by atoms with E-state index in [4.69, 9.17) is 16.3 Å². The first kappa shape index (κ1) is 19.9. The monoisotopic (exact) mass is 418 g/mol. The lowest BCUT2D eigenvalue weighted by Crippen LogP contribution is -2.20. The summed E-state index contributed by atoms with van der Waals surface area (Å²) in [6, 6.07) is 23.6. The van der Waals surface area contributed by atoms with Crippen LogP contribution in [0.15, 0.2) is 89.9 Å². The van der Waals surface area contributed by atoms with Crippen molar-refractivity contribution in [3.05, 3.63) is 117 Å². The molecule has 0 N–H and O–H groups in total. The normalized spacial score (nSPS) is 11.9. The number of hydrogen-bond acceptors (Lipinski definition) is 4. The highest BCUT2D eigenvalue weighted by Gasteiger charge is 2.23. The number of pyridine rings is 1. The molecule has 4 rings (SSSR count). The highest BCUT2D eigenvalue weighted by molar-refractivity contribution is 6.30. The number of carbonyl (C=O) groups excluding carboxylic acids is 1. The summed E-state index contributed by atoms with van der Waals surface area (Å²) < 4.78 is 7.01. The van der Waals surface area contributed by atoms with Crippen molar-refractivity contribution in [1.29, 1.82) is 0 Å². The van der Waals surface area contributed by atoms with Crippen LogP contribution in [0, 0.1) is 0 Å². The number of rotatable bonds is 6. The van der Waals surface area contributed by atoms with Crippen LogP contribution in [0.5, 0.6) is 0 Å². The maximum atomic E-state index is 13.0. The minimum Gasteiger partial charge on any atom is -0.459 e. The standard InChI is InChI=1S/C24H19ClN2O3/c25-19-11-9-18(10-12-19)21(14-17-6-2-1-3-7-17)24(29)30-16-20-15-23(28)27-13-5-4-8-22(27)26-20/h1-13,15,21H,14,16H2. The molecule has 4 aromatic rings. The van der Waals surface area contributed by atoms with Gasteiger partial charge in [-0.05, 0) is 41.8 Å². The zero-order chi connectivity index (χ0) is 20.9. The molecule has 0 aliphatic rings. The third-order valence-corrected chi connectivity index (χ3v) is 5.08. The van der Waals surface area contributed by atoms with E-state index in [-0.39, 0.29) is 18.1 Å². The van der Waals surface area contributed by atoms with Crippen LogP contribution in [0.4, 0.5) is 0 Å². The van der Waals surface area contributed by atoms with E-state index in [1.54, 1.807) is 36.5 Å².